The highest BCUT2D eigenvalue weighted by molar-refractivity contribution is 7.92. The SMILES string of the molecule is Cc1cccc(N([C@H](C)C(=O)N[C@H](C)C(C)C)S(C)(=O)=O)c1. The molecule has 0 aromatic heterocycles. The lowest BCUT2D eigenvalue weighted by Gasteiger charge is -2.30. The first-order valence-electron chi connectivity index (χ1n) is 7.40. The van der Waals surface area contributed by atoms with Crippen molar-refractivity contribution in [3.8, 4) is 0 Å². The first-order valence-corrected chi connectivity index (χ1v) is 9.25. The van der Waals surface area contributed by atoms with Crippen molar-refractivity contribution in [1.82, 2.24) is 5.32 Å². The Bertz CT molecular complexity index is 626. The highest BCUT2D eigenvalue weighted by Gasteiger charge is 2.30. The summed E-state index contributed by atoms with van der Waals surface area (Å²) in [7, 11) is -3.56. The summed E-state index contributed by atoms with van der Waals surface area (Å²) < 4.78 is 25.5. The largest absolute Gasteiger partial charge is 0.352 e. The number of rotatable bonds is 6. The summed E-state index contributed by atoms with van der Waals surface area (Å²) in [6, 6.07) is 6.30. The molecule has 0 unspecified atom stereocenters. The minimum Gasteiger partial charge on any atom is -0.352 e. The molecule has 1 aromatic carbocycles. The van der Waals surface area contributed by atoms with Gasteiger partial charge < -0.3 is 5.32 Å². The standard InChI is InChI=1S/C16H26N2O3S/c1-11(2)13(4)17-16(19)14(5)18(22(6,20)21)15-9-7-8-12(3)10-15/h7-11,13-14H,1-6H3,(H,17,19)/t13-,14-/m1/s1. The quantitative estimate of drug-likeness (QED) is 0.872. The molecule has 0 spiro atoms. The number of carbonyl (C=O) groups excluding carboxylic acids is 1. The summed E-state index contributed by atoms with van der Waals surface area (Å²) in [5, 5.41) is 2.87. The lowest BCUT2D eigenvalue weighted by Crippen LogP contribution is -2.50. The van der Waals surface area contributed by atoms with Crippen molar-refractivity contribution in [2.24, 2.45) is 5.92 Å². The Labute approximate surface area is 133 Å². The normalized spacial score (nSPS) is 14.5. The lowest BCUT2D eigenvalue weighted by molar-refractivity contribution is -0.122. The second-order valence-corrected chi connectivity index (χ2v) is 7.97. The predicted molar refractivity (Wildman–Crippen MR) is 90.4 cm³/mol. The molecular formula is C16H26N2O3S. The van der Waals surface area contributed by atoms with E-state index in [1.807, 2.05) is 33.8 Å². The van der Waals surface area contributed by atoms with Crippen LogP contribution in [0.15, 0.2) is 24.3 Å². The average Bonchev–Trinajstić information content (AvgIpc) is 2.36. The van der Waals surface area contributed by atoms with Crippen LogP contribution < -0.4 is 9.62 Å². The van der Waals surface area contributed by atoms with Crippen LogP contribution in [0.4, 0.5) is 5.69 Å². The Balaban J connectivity index is 3.11. The van der Waals surface area contributed by atoms with Crippen LogP contribution in [0.25, 0.3) is 0 Å². The fourth-order valence-corrected chi connectivity index (χ4v) is 3.25. The van der Waals surface area contributed by atoms with Crippen molar-refractivity contribution in [2.75, 3.05) is 10.6 Å². The van der Waals surface area contributed by atoms with Gasteiger partial charge in [-0.05, 0) is 44.4 Å². The van der Waals surface area contributed by atoms with Gasteiger partial charge in [0.2, 0.25) is 15.9 Å². The molecule has 0 aliphatic rings. The topological polar surface area (TPSA) is 66.5 Å². The van der Waals surface area contributed by atoms with Crippen LogP contribution in [0, 0.1) is 12.8 Å². The predicted octanol–water partition coefficient (Wildman–Crippen LogP) is 2.31. The molecule has 1 rings (SSSR count). The molecule has 0 saturated heterocycles. The molecule has 22 heavy (non-hydrogen) atoms. The van der Waals surface area contributed by atoms with Gasteiger partial charge in [0.1, 0.15) is 6.04 Å². The molecular weight excluding hydrogens is 300 g/mol. The monoisotopic (exact) mass is 326 g/mol. The van der Waals surface area contributed by atoms with E-state index in [1.165, 1.54) is 4.31 Å². The van der Waals surface area contributed by atoms with Crippen molar-refractivity contribution in [2.45, 2.75) is 46.7 Å². The molecule has 2 atom stereocenters. The zero-order chi connectivity index (χ0) is 17.1. The van der Waals surface area contributed by atoms with Crippen molar-refractivity contribution in [3.05, 3.63) is 29.8 Å². The van der Waals surface area contributed by atoms with Gasteiger partial charge in [-0.15, -0.1) is 0 Å². The van der Waals surface area contributed by atoms with Gasteiger partial charge in [0.05, 0.1) is 11.9 Å². The molecule has 0 fully saturated rings. The van der Waals surface area contributed by atoms with Crippen LogP contribution in [0.1, 0.15) is 33.3 Å². The number of amides is 1. The zero-order valence-electron chi connectivity index (χ0n) is 14.1. The molecule has 1 N–H and O–H groups in total. The van der Waals surface area contributed by atoms with Gasteiger partial charge in [-0.25, -0.2) is 8.42 Å². The molecule has 0 heterocycles. The average molecular weight is 326 g/mol. The van der Waals surface area contributed by atoms with E-state index in [0.717, 1.165) is 11.8 Å². The van der Waals surface area contributed by atoms with E-state index < -0.39 is 16.1 Å². The first-order chi connectivity index (χ1) is 10.0. The van der Waals surface area contributed by atoms with Crippen LogP contribution in [0.5, 0.6) is 0 Å². The van der Waals surface area contributed by atoms with E-state index in [4.69, 9.17) is 0 Å². The number of aryl methyl sites for hydroxylation is 1. The summed E-state index contributed by atoms with van der Waals surface area (Å²) >= 11 is 0. The number of nitrogens with one attached hydrogen (secondary N) is 1. The number of carbonyl (C=O) groups is 1. The molecule has 124 valence electrons. The summed E-state index contributed by atoms with van der Waals surface area (Å²) in [4.78, 5) is 12.4. The fraction of sp³-hybridized carbons (Fsp3) is 0.562. The fourth-order valence-electron chi connectivity index (χ4n) is 2.09. The highest BCUT2D eigenvalue weighted by Crippen LogP contribution is 2.22. The van der Waals surface area contributed by atoms with E-state index in [1.54, 1.807) is 25.1 Å². The molecule has 6 heteroatoms. The van der Waals surface area contributed by atoms with Gasteiger partial charge in [0, 0.05) is 6.04 Å². The Morgan fingerprint density at radius 2 is 1.77 bits per heavy atom. The number of sulfonamides is 1. The zero-order valence-corrected chi connectivity index (χ0v) is 14.9. The number of benzene rings is 1. The Hall–Kier alpha value is -1.56. The number of nitrogens with zero attached hydrogens (tertiary/aromatic N) is 1. The van der Waals surface area contributed by atoms with Gasteiger partial charge in [0.25, 0.3) is 0 Å². The van der Waals surface area contributed by atoms with Crippen molar-refractivity contribution in [1.29, 1.82) is 0 Å². The van der Waals surface area contributed by atoms with Crippen molar-refractivity contribution in [3.63, 3.8) is 0 Å². The third-order valence-electron chi connectivity index (χ3n) is 3.71. The first kappa shape index (κ1) is 18.5. The maximum absolute atomic E-state index is 12.4. The van der Waals surface area contributed by atoms with E-state index in [0.29, 0.717) is 5.69 Å². The summed E-state index contributed by atoms with van der Waals surface area (Å²) in [6.45, 7) is 9.41. The second-order valence-electron chi connectivity index (χ2n) is 6.12. The van der Waals surface area contributed by atoms with Gasteiger partial charge in [-0.2, -0.15) is 0 Å². The molecule has 1 amide bonds. The van der Waals surface area contributed by atoms with Gasteiger partial charge >= 0.3 is 0 Å². The van der Waals surface area contributed by atoms with E-state index >= 15 is 0 Å². The molecule has 0 saturated carbocycles. The minimum atomic E-state index is -3.56. The molecule has 0 bridgehead atoms. The summed E-state index contributed by atoms with van der Waals surface area (Å²) in [5.74, 6) is -0.0186. The van der Waals surface area contributed by atoms with Crippen LogP contribution in [-0.4, -0.2) is 32.7 Å². The molecule has 1 aromatic rings. The molecule has 0 aliphatic heterocycles. The summed E-state index contributed by atoms with van der Waals surface area (Å²) in [6.07, 6.45) is 1.12. The van der Waals surface area contributed by atoms with Gasteiger partial charge in [0.15, 0.2) is 0 Å². The molecule has 0 aliphatic carbocycles. The number of anilines is 1. The van der Waals surface area contributed by atoms with Crippen molar-refractivity contribution < 1.29 is 13.2 Å². The van der Waals surface area contributed by atoms with E-state index in [-0.39, 0.29) is 17.9 Å². The third kappa shape index (κ3) is 4.73. The van der Waals surface area contributed by atoms with E-state index in [2.05, 4.69) is 5.32 Å². The second kappa shape index (κ2) is 7.13. The van der Waals surface area contributed by atoms with Crippen LogP contribution in [0.2, 0.25) is 0 Å². The van der Waals surface area contributed by atoms with Crippen molar-refractivity contribution >= 4 is 21.6 Å². The molecule has 0 radical (unpaired) electrons. The Kier molecular flexibility index (Phi) is 6.00. The molecule has 5 nitrogen and oxygen atoms in total. The van der Waals surface area contributed by atoms with Gasteiger partial charge in [-0.1, -0.05) is 26.0 Å². The number of hydrogen-bond donors (Lipinski definition) is 1. The minimum absolute atomic E-state index is 0.0196. The lowest BCUT2D eigenvalue weighted by atomic mass is 10.1. The van der Waals surface area contributed by atoms with Crippen LogP contribution in [-0.2, 0) is 14.8 Å². The van der Waals surface area contributed by atoms with Crippen LogP contribution in [0.3, 0.4) is 0 Å². The maximum atomic E-state index is 12.4. The Morgan fingerprint density at radius 3 is 2.23 bits per heavy atom. The smallest absolute Gasteiger partial charge is 0.243 e. The number of hydrogen-bond acceptors (Lipinski definition) is 3. The van der Waals surface area contributed by atoms with Gasteiger partial charge in [-0.3, -0.25) is 9.10 Å². The van der Waals surface area contributed by atoms with E-state index in [9.17, 15) is 13.2 Å². The summed E-state index contributed by atoms with van der Waals surface area (Å²) in [5.41, 5.74) is 1.44. The third-order valence-corrected chi connectivity index (χ3v) is 4.96. The maximum Gasteiger partial charge on any atom is 0.243 e. The van der Waals surface area contributed by atoms with Crippen LogP contribution >= 0.6 is 0 Å². The highest BCUT2D eigenvalue weighted by atomic mass is 32.2. The Morgan fingerprint density at radius 1 is 1.18 bits per heavy atom.